The van der Waals surface area contributed by atoms with E-state index in [0.717, 1.165) is 13.0 Å². The molecular weight excluding hydrogens is 261 g/mol. The maximum Gasteiger partial charge on any atom is 0.407 e. The number of pyridine rings is 1. The number of nitrogens with one attached hydrogen (secondary N) is 1. The van der Waals surface area contributed by atoms with Crippen molar-refractivity contribution in [1.29, 1.82) is 0 Å². The van der Waals surface area contributed by atoms with Crippen molar-refractivity contribution in [3.8, 4) is 0 Å². The molecule has 0 aliphatic carbocycles. The summed E-state index contributed by atoms with van der Waals surface area (Å²) in [6.07, 6.45) is 0.369. The van der Waals surface area contributed by atoms with Crippen LogP contribution in [0.2, 0.25) is 0 Å². The van der Waals surface area contributed by atoms with Crippen LogP contribution in [0.5, 0.6) is 0 Å². The number of anilines is 1. The molecule has 2 rings (SSSR count). The lowest BCUT2D eigenvalue weighted by Gasteiger charge is -2.22. The summed E-state index contributed by atoms with van der Waals surface area (Å²) in [5, 5.41) is 2.83. The van der Waals surface area contributed by atoms with Crippen LogP contribution >= 0.6 is 0 Å². The molecule has 0 unspecified atom stereocenters. The monoisotopic (exact) mass is 281 g/mol. The third-order valence-corrected chi connectivity index (χ3v) is 2.93. The van der Waals surface area contributed by atoms with Crippen LogP contribution in [-0.4, -0.2) is 35.8 Å². The van der Waals surface area contributed by atoms with E-state index in [-0.39, 0.29) is 6.04 Å². The lowest BCUT2D eigenvalue weighted by molar-refractivity contribution is 0.0509. The SMILES string of the molecule is CC(C)(C)OC(=O)N[C@H]1CCN(c2cccc(F)n2)C1. The van der Waals surface area contributed by atoms with Crippen LogP contribution in [0.25, 0.3) is 0 Å². The lowest BCUT2D eigenvalue weighted by Crippen LogP contribution is -2.40. The van der Waals surface area contributed by atoms with Crippen molar-refractivity contribution >= 4 is 11.9 Å². The summed E-state index contributed by atoms with van der Waals surface area (Å²) in [6.45, 7) is 6.81. The van der Waals surface area contributed by atoms with Crippen LogP contribution in [0.1, 0.15) is 27.2 Å². The molecule has 0 aromatic carbocycles. The molecule has 110 valence electrons. The Hall–Kier alpha value is -1.85. The van der Waals surface area contributed by atoms with E-state index in [4.69, 9.17) is 4.74 Å². The second-order valence-corrected chi connectivity index (χ2v) is 5.90. The van der Waals surface area contributed by atoms with Crippen molar-refractivity contribution in [1.82, 2.24) is 10.3 Å². The second-order valence-electron chi connectivity index (χ2n) is 5.90. The predicted octanol–water partition coefficient (Wildman–Crippen LogP) is 2.32. The van der Waals surface area contributed by atoms with Gasteiger partial charge in [-0.3, -0.25) is 0 Å². The number of amides is 1. The Bertz CT molecular complexity index is 488. The molecule has 1 aliphatic heterocycles. The van der Waals surface area contributed by atoms with Gasteiger partial charge in [-0.15, -0.1) is 0 Å². The number of carbonyl (C=O) groups excluding carboxylic acids is 1. The zero-order valence-corrected chi connectivity index (χ0v) is 12.0. The van der Waals surface area contributed by atoms with Gasteiger partial charge in [-0.25, -0.2) is 9.78 Å². The number of alkyl carbamates (subject to hydrolysis) is 1. The van der Waals surface area contributed by atoms with Gasteiger partial charge in [0.05, 0.1) is 6.04 Å². The number of ether oxygens (including phenoxy) is 1. The highest BCUT2D eigenvalue weighted by Crippen LogP contribution is 2.18. The van der Waals surface area contributed by atoms with Crippen LogP contribution < -0.4 is 10.2 Å². The van der Waals surface area contributed by atoms with Gasteiger partial charge >= 0.3 is 6.09 Å². The molecule has 1 aromatic rings. The molecule has 0 spiro atoms. The first-order chi connectivity index (χ1) is 9.33. The average molecular weight is 281 g/mol. The van der Waals surface area contributed by atoms with E-state index in [1.807, 2.05) is 25.7 Å². The zero-order chi connectivity index (χ0) is 14.8. The molecule has 2 heterocycles. The molecule has 1 aromatic heterocycles. The predicted molar refractivity (Wildman–Crippen MR) is 74.2 cm³/mol. The Morgan fingerprint density at radius 1 is 1.50 bits per heavy atom. The van der Waals surface area contributed by atoms with Gasteiger partial charge in [-0.05, 0) is 39.3 Å². The van der Waals surface area contributed by atoms with Gasteiger partial charge < -0.3 is 15.0 Å². The number of carbonyl (C=O) groups is 1. The molecular formula is C14H20FN3O2. The summed E-state index contributed by atoms with van der Waals surface area (Å²) < 4.78 is 18.3. The van der Waals surface area contributed by atoms with Crippen LogP contribution in [0, 0.1) is 5.95 Å². The molecule has 6 heteroatoms. The number of nitrogens with zero attached hydrogens (tertiary/aromatic N) is 2. The van der Waals surface area contributed by atoms with Crippen molar-refractivity contribution in [2.24, 2.45) is 0 Å². The number of halogens is 1. The first-order valence-corrected chi connectivity index (χ1v) is 6.70. The van der Waals surface area contributed by atoms with Crippen LogP contribution in [0.4, 0.5) is 15.0 Å². The average Bonchev–Trinajstić information content (AvgIpc) is 2.74. The molecule has 0 radical (unpaired) electrons. The van der Waals surface area contributed by atoms with Crippen molar-refractivity contribution < 1.29 is 13.9 Å². The number of hydrogen-bond donors (Lipinski definition) is 1. The van der Waals surface area contributed by atoms with E-state index in [0.29, 0.717) is 12.4 Å². The van der Waals surface area contributed by atoms with Crippen molar-refractivity contribution in [3.05, 3.63) is 24.1 Å². The minimum absolute atomic E-state index is 0.00471. The quantitative estimate of drug-likeness (QED) is 0.845. The largest absolute Gasteiger partial charge is 0.444 e. The summed E-state index contributed by atoms with van der Waals surface area (Å²) in [6, 6.07) is 4.70. The molecule has 1 saturated heterocycles. The Balaban J connectivity index is 1.88. The van der Waals surface area contributed by atoms with Crippen LogP contribution in [0.3, 0.4) is 0 Å². The zero-order valence-electron chi connectivity index (χ0n) is 12.0. The summed E-state index contributed by atoms with van der Waals surface area (Å²) in [5.41, 5.74) is -0.507. The highest BCUT2D eigenvalue weighted by molar-refractivity contribution is 5.68. The highest BCUT2D eigenvalue weighted by Gasteiger charge is 2.26. The van der Waals surface area contributed by atoms with E-state index in [9.17, 15) is 9.18 Å². The highest BCUT2D eigenvalue weighted by atomic mass is 19.1. The number of aromatic nitrogens is 1. The van der Waals surface area contributed by atoms with E-state index < -0.39 is 17.6 Å². The van der Waals surface area contributed by atoms with E-state index in [1.165, 1.54) is 6.07 Å². The maximum atomic E-state index is 13.1. The topological polar surface area (TPSA) is 54.5 Å². The number of hydrogen-bond acceptors (Lipinski definition) is 4. The molecule has 0 saturated carbocycles. The molecule has 20 heavy (non-hydrogen) atoms. The first-order valence-electron chi connectivity index (χ1n) is 6.70. The second kappa shape index (κ2) is 5.64. The molecule has 1 amide bonds. The van der Waals surface area contributed by atoms with Gasteiger partial charge in [-0.1, -0.05) is 6.07 Å². The number of rotatable bonds is 2. The van der Waals surface area contributed by atoms with E-state index in [2.05, 4.69) is 10.3 Å². The molecule has 1 atom stereocenters. The Morgan fingerprint density at radius 2 is 2.25 bits per heavy atom. The van der Waals surface area contributed by atoms with Crippen LogP contribution in [0.15, 0.2) is 18.2 Å². The summed E-state index contributed by atoms with van der Waals surface area (Å²) in [5.74, 6) is 0.101. The molecule has 1 N–H and O–H groups in total. The molecule has 0 bridgehead atoms. The smallest absolute Gasteiger partial charge is 0.407 e. The van der Waals surface area contributed by atoms with Gasteiger partial charge in [0.15, 0.2) is 0 Å². The fourth-order valence-corrected chi connectivity index (χ4v) is 2.13. The Kier molecular flexibility index (Phi) is 4.11. The minimum Gasteiger partial charge on any atom is -0.444 e. The summed E-state index contributed by atoms with van der Waals surface area (Å²) in [4.78, 5) is 17.5. The lowest BCUT2D eigenvalue weighted by atomic mass is 10.2. The Morgan fingerprint density at radius 3 is 2.90 bits per heavy atom. The summed E-state index contributed by atoms with van der Waals surface area (Å²) in [7, 11) is 0. The van der Waals surface area contributed by atoms with Crippen molar-refractivity contribution in [2.75, 3.05) is 18.0 Å². The van der Waals surface area contributed by atoms with Gasteiger partial charge in [0.25, 0.3) is 0 Å². The van der Waals surface area contributed by atoms with E-state index in [1.54, 1.807) is 12.1 Å². The first kappa shape index (κ1) is 14.6. The fraction of sp³-hybridized carbons (Fsp3) is 0.571. The van der Waals surface area contributed by atoms with Gasteiger partial charge in [0.2, 0.25) is 5.95 Å². The molecule has 5 nitrogen and oxygen atoms in total. The summed E-state index contributed by atoms with van der Waals surface area (Å²) >= 11 is 0. The van der Waals surface area contributed by atoms with Crippen LogP contribution in [-0.2, 0) is 4.74 Å². The Labute approximate surface area is 118 Å². The standard InChI is InChI=1S/C14H20FN3O2/c1-14(2,3)20-13(19)16-10-7-8-18(9-10)12-6-4-5-11(15)17-12/h4-6,10H,7-9H2,1-3H3,(H,16,19)/t10-/m0/s1. The fourth-order valence-electron chi connectivity index (χ4n) is 2.13. The maximum absolute atomic E-state index is 13.1. The molecule has 1 aliphatic rings. The molecule has 1 fully saturated rings. The van der Waals surface area contributed by atoms with Gasteiger partial charge in [0.1, 0.15) is 11.4 Å². The van der Waals surface area contributed by atoms with Gasteiger partial charge in [-0.2, -0.15) is 4.39 Å². The third kappa shape index (κ3) is 4.08. The third-order valence-electron chi connectivity index (χ3n) is 2.93. The van der Waals surface area contributed by atoms with Crippen molar-refractivity contribution in [2.45, 2.75) is 38.8 Å². The van der Waals surface area contributed by atoms with Gasteiger partial charge in [0, 0.05) is 13.1 Å². The van der Waals surface area contributed by atoms with E-state index >= 15 is 0 Å². The normalized spacial score (nSPS) is 19.0. The van der Waals surface area contributed by atoms with Crippen molar-refractivity contribution in [3.63, 3.8) is 0 Å². The minimum atomic E-state index is -0.507.